The van der Waals surface area contributed by atoms with E-state index >= 15 is 0 Å². The summed E-state index contributed by atoms with van der Waals surface area (Å²) >= 11 is -1.75. The van der Waals surface area contributed by atoms with Crippen LogP contribution in [0.4, 0.5) is 0 Å². The molecule has 0 saturated heterocycles. The first-order chi connectivity index (χ1) is 11.2. The summed E-state index contributed by atoms with van der Waals surface area (Å²) in [7, 11) is -23.8. The normalized spacial score (nSPS) is 18.9. The molecule has 0 heterocycles. The monoisotopic (exact) mass is 509 g/mol. The van der Waals surface area contributed by atoms with Crippen LogP contribution in [0, 0.1) is 0 Å². The van der Waals surface area contributed by atoms with E-state index in [4.69, 9.17) is 41.5 Å². The Morgan fingerprint density at radius 3 is 1.19 bits per heavy atom. The van der Waals surface area contributed by atoms with Gasteiger partial charge in [-0.2, -0.15) is 8.62 Å². The standard InChI is InChI=1S/C2H8O17P4.H2O.O.Ti/c3-1(4)2(5,16-22(12,13)18-20(6,7)8)17-23(14,15)19-21(9,10)11;;;/h5H,(H,3,4)(H,12,13)(H,14,15)(H2,6,7,8)(H2,9,10,11);1H2;;/q;;;+1/p-1. The van der Waals surface area contributed by atoms with Crippen LogP contribution in [0.3, 0.4) is 0 Å². The van der Waals surface area contributed by atoms with Gasteiger partial charge in [-0.25, -0.2) is 32.1 Å². The number of hydrogen-bond acceptors (Lipinski definition) is 11. The second kappa shape index (κ2) is 10.3. The number of carboxylic acids is 1. The summed E-state index contributed by atoms with van der Waals surface area (Å²) < 4.78 is 71.3. The molecule has 0 radical (unpaired) electrons. The van der Waals surface area contributed by atoms with Crippen LogP contribution in [0.2, 0.25) is 0 Å². The molecule has 2 unspecified atom stereocenters. The molecule has 0 rings (SSSR count). The molecule has 0 aliphatic heterocycles. The van der Waals surface area contributed by atoms with E-state index in [9.17, 15) is 28.2 Å². The van der Waals surface area contributed by atoms with Gasteiger partial charge in [-0.1, -0.05) is 0 Å². The van der Waals surface area contributed by atoms with Crippen molar-refractivity contribution in [3.63, 3.8) is 0 Å². The second-order valence-corrected chi connectivity index (χ2v) is 9.04. The first-order valence-corrected chi connectivity index (χ1v) is 12.2. The Hall–Kier alpha value is 0.424. The molecule has 0 spiro atoms. The molecule has 0 amide bonds. The summed E-state index contributed by atoms with van der Waals surface area (Å²) in [6, 6.07) is 0. The Kier molecular flexibility index (Phi) is 11.3. The van der Waals surface area contributed by atoms with Crippen LogP contribution in [-0.2, 0) is 63.6 Å². The Morgan fingerprint density at radius 2 is 1.04 bits per heavy atom. The molecule has 155 valence electrons. The SMILES string of the molecule is O=C(O)C(O)(OP(=O)(O)OP(=O)(O)O)OP(=O)(O)OP(=O)(O)O.[O]=[Ti][OH]. The number of rotatable bonds is 9. The van der Waals surface area contributed by atoms with E-state index in [1.54, 1.807) is 0 Å². The van der Waals surface area contributed by atoms with Crippen LogP contribution in [0.25, 0.3) is 0 Å². The second-order valence-electron chi connectivity index (χ2n) is 3.24. The predicted octanol–water partition coefficient (Wildman–Crippen LogP) is -2.51. The van der Waals surface area contributed by atoms with Crippen molar-refractivity contribution in [3.8, 4) is 0 Å². The summed E-state index contributed by atoms with van der Waals surface area (Å²) in [6.45, 7) is 0. The van der Waals surface area contributed by atoms with Gasteiger partial charge in [0.1, 0.15) is 0 Å². The molecule has 9 N–H and O–H groups in total. The molecular formula is C2H9O19P4Ti. The van der Waals surface area contributed by atoms with Crippen molar-refractivity contribution >= 4 is 37.3 Å². The van der Waals surface area contributed by atoms with Crippen molar-refractivity contribution in [3.05, 3.63) is 0 Å². The zero-order valence-electron chi connectivity index (χ0n) is 11.4. The van der Waals surface area contributed by atoms with Crippen molar-refractivity contribution < 1.29 is 107 Å². The maximum absolute atomic E-state index is 11.1. The minimum absolute atomic E-state index is 1.75. The van der Waals surface area contributed by atoms with Crippen molar-refractivity contribution in [2.75, 3.05) is 0 Å². The Labute approximate surface area is 150 Å². The molecule has 0 saturated carbocycles. The van der Waals surface area contributed by atoms with Crippen molar-refractivity contribution in [2.45, 2.75) is 5.97 Å². The van der Waals surface area contributed by atoms with Crippen LogP contribution in [0.1, 0.15) is 0 Å². The molecule has 0 aliphatic carbocycles. The summed E-state index contributed by atoms with van der Waals surface area (Å²) in [5, 5.41) is 17.7. The molecule has 26 heavy (non-hydrogen) atoms. The third kappa shape index (κ3) is 14.5. The van der Waals surface area contributed by atoms with Gasteiger partial charge < -0.3 is 39.6 Å². The molecule has 0 fully saturated rings. The van der Waals surface area contributed by atoms with Crippen LogP contribution in [0.5, 0.6) is 0 Å². The van der Waals surface area contributed by atoms with E-state index in [1.807, 2.05) is 0 Å². The quantitative estimate of drug-likeness (QED) is 0.0880. The van der Waals surface area contributed by atoms with Crippen LogP contribution < -0.4 is 0 Å². The van der Waals surface area contributed by atoms with E-state index < -0.39 is 62.7 Å². The predicted molar refractivity (Wildman–Crippen MR) is 63.6 cm³/mol. The number of phosphoric ester groups is 2. The van der Waals surface area contributed by atoms with E-state index in [-0.39, 0.29) is 0 Å². The molecule has 0 aliphatic rings. The fourth-order valence-corrected chi connectivity index (χ4v) is 4.04. The number of hydrogen-bond donors (Lipinski definition) is 9. The maximum atomic E-state index is 11.1. The van der Waals surface area contributed by atoms with Gasteiger partial charge >= 0.3 is 69.8 Å². The van der Waals surface area contributed by atoms with Gasteiger partial charge in [-0.15, -0.1) is 0 Å². The molecule has 0 aromatic heterocycles. The van der Waals surface area contributed by atoms with Gasteiger partial charge in [-0.3, -0.25) is 0 Å². The fourth-order valence-electron chi connectivity index (χ4n) is 0.710. The third-order valence-corrected chi connectivity index (χ3v) is 5.48. The van der Waals surface area contributed by atoms with Crippen molar-refractivity contribution in [1.82, 2.24) is 0 Å². The molecular weight excluding hydrogens is 500 g/mol. The van der Waals surface area contributed by atoms with Gasteiger partial charge in [0.2, 0.25) is 0 Å². The average molecular weight is 509 g/mol. The first-order valence-electron chi connectivity index (χ1n) is 4.76. The Morgan fingerprint density at radius 1 is 0.808 bits per heavy atom. The topological polar surface area (TPSA) is 321 Å². The number of carboxylic acid groups (broad SMARTS) is 1. The molecule has 19 nitrogen and oxygen atoms in total. The fraction of sp³-hybridized carbons (Fsp3) is 0.500. The molecule has 2 atom stereocenters. The van der Waals surface area contributed by atoms with Crippen molar-refractivity contribution in [2.24, 2.45) is 0 Å². The number of aliphatic hydroxyl groups is 1. The van der Waals surface area contributed by atoms with E-state index in [2.05, 4.69) is 17.7 Å². The number of aliphatic carboxylic acids is 1. The van der Waals surface area contributed by atoms with Crippen LogP contribution in [0.15, 0.2) is 0 Å². The van der Waals surface area contributed by atoms with Crippen molar-refractivity contribution in [1.29, 1.82) is 0 Å². The molecule has 24 heteroatoms. The summed E-state index contributed by atoms with van der Waals surface area (Å²) in [4.78, 5) is 61.3. The van der Waals surface area contributed by atoms with Gasteiger partial charge in [0.05, 0.1) is 0 Å². The first kappa shape index (κ1) is 28.6. The van der Waals surface area contributed by atoms with Gasteiger partial charge in [0.15, 0.2) is 0 Å². The molecule has 0 bridgehead atoms. The summed E-state index contributed by atoms with van der Waals surface area (Å²) in [5.74, 6) is -7.51. The van der Waals surface area contributed by atoms with Crippen LogP contribution in [-0.4, -0.2) is 55.2 Å². The zero-order valence-corrected chi connectivity index (χ0v) is 16.5. The Balaban J connectivity index is 0. The summed E-state index contributed by atoms with van der Waals surface area (Å²) in [6.07, 6.45) is 0. The summed E-state index contributed by atoms with van der Waals surface area (Å²) in [5.41, 5.74) is 0. The van der Waals surface area contributed by atoms with E-state index in [0.29, 0.717) is 0 Å². The van der Waals surface area contributed by atoms with Gasteiger partial charge in [0.25, 0.3) is 0 Å². The van der Waals surface area contributed by atoms with Gasteiger partial charge in [-0.05, 0) is 0 Å². The zero-order chi connectivity index (χ0) is 21.6. The number of phosphoric acid groups is 4. The molecule has 0 aromatic rings. The number of carbonyl (C=O) groups is 1. The Bertz CT molecular complexity index is 636. The van der Waals surface area contributed by atoms with Gasteiger partial charge in [0, 0.05) is 0 Å². The van der Waals surface area contributed by atoms with Crippen LogP contribution >= 0.6 is 31.3 Å². The average Bonchev–Trinajstić information content (AvgIpc) is 2.19. The molecule has 0 aromatic carbocycles. The van der Waals surface area contributed by atoms with E-state index in [1.165, 1.54) is 0 Å². The minimum atomic E-state index is -6.13. The van der Waals surface area contributed by atoms with E-state index in [0.717, 1.165) is 0 Å². The third-order valence-electron chi connectivity index (χ3n) is 1.17.